The average Bonchev–Trinajstić information content (AvgIpc) is 2.90. The van der Waals surface area contributed by atoms with E-state index < -0.39 is 0 Å². The second-order valence-corrected chi connectivity index (χ2v) is 7.43. The van der Waals surface area contributed by atoms with Crippen LogP contribution in [0.4, 0.5) is 0 Å². The average molecular weight is 352 g/mol. The molecular weight excluding hydrogens is 330 g/mol. The quantitative estimate of drug-likeness (QED) is 0.841. The van der Waals surface area contributed by atoms with E-state index in [4.69, 9.17) is 11.6 Å². The Bertz CT molecular complexity index is 680. The molecule has 1 fully saturated rings. The van der Waals surface area contributed by atoms with Crippen LogP contribution < -0.4 is 5.32 Å². The van der Waals surface area contributed by atoms with Gasteiger partial charge in [-0.15, -0.1) is 11.3 Å². The summed E-state index contributed by atoms with van der Waals surface area (Å²) in [5, 5.41) is 4.53. The molecule has 1 aromatic carbocycles. The molecule has 1 aromatic heterocycles. The van der Waals surface area contributed by atoms with Gasteiger partial charge in [-0.3, -0.25) is 4.79 Å². The van der Waals surface area contributed by atoms with Gasteiger partial charge in [0.1, 0.15) is 4.88 Å². The zero-order valence-corrected chi connectivity index (χ0v) is 14.9. The Hall–Kier alpha value is -1.14. The summed E-state index contributed by atoms with van der Waals surface area (Å²) in [6.07, 6.45) is 0.970. The first-order chi connectivity index (χ1) is 11.1. The Balaban J connectivity index is 1.48. The molecule has 1 amide bonds. The molecule has 2 heterocycles. The number of thiophene rings is 1. The van der Waals surface area contributed by atoms with Crippen molar-refractivity contribution in [3.05, 3.63) is 34.2 Å². The molecule has 0 unspecified atom stereocenters. The summed E-state index contributed by atoms with van der Waals surface area (Å²) in [6.45, 7) is 6.22. The number of benzene rings is 1. The minimum absolute atomic E-state index is 0.0606. The second-order valence-electron chi connectivity index (χ2n) is 6.00. The Kier molecular flexibility index (Phi) is 5.54. The highest BCUT2D eigenvalue weighted by molar-refractivity contribution is 7.21. The van der Waals surface area contributed by atoms with Crippen LogP contribution in [0.25, 0.3) is 10.1 Å². The molecule has 23 heavy (non-hydrogen) atoms. The second kappa shape index (κ2) is 7.62. The van der Waals surface area contributed by atoms with Crippen LogP contribution in [0.3, 0.4) is 0 Å². The fraction of sp³-hybridized carbons (Fsp3) is 0.471. The summed E-state index contributed by atoms with van der Waals surface area (Å²) in [5.74, 6) is -0.0606. The number of halogens is 1. The van der Waals surface area contributed by atoms with Crippen LogP contribution >= 0.6 is 22.9 Å². The first kappa shape index (κ1) is 16.7. The van der Waals surface area contributed by atoms with E-state index in [0.717, 1.165) is 49.2 Å². The molecule has 0 bridgehead atoms. The number of nitrogens with one attached hydrogen (secondary N) is 1. The zero-order chi connectivity index (χ0) is 16.2. The maximum atomic E-state index is 12.3. The number of rotatable bonds is 5. The van der Waals surface area contributed by atoms with Crippen molar-refractivity contribution < 1.29 is 4.79 Å². The van der Waals surface area contributed by atoms with Crippen molar-refractivity contribution in [3.8, 4) is 0 Å². The van der Waals surface area contributed by atoms with Crippen molar-refractivity contribution in [2.24, 2.45) is 0 Å². The Morgan fingerprint density at radius 1 is 1.26 bits per heavy atom. The van der Waals surface area contributed by atoms with E-state index in [1.54, 1.807) is 0 Å². The smallest absolute Gasteiger partial charge is 0.262 e. The molecule has 124 valence electrons. The summed E-state index contributed by atoms with van der Waals surface area (Å²) in [5.41, 5.74) is 0. The van der Waals surface area contributed by atoms with E-state index in [-0.39, 0.29) is 5.91 Å². The lowest BCUT2D eigenvalue weighted by Gasteiger charge is -2.32. The molecular formula is C17H22ClN3OS. The largest absolute Gasteiger partial charge is 0.351 e. The van der Waals surface area contributed by atoms with Crippen LogP contribution in [-0.4, -0.2) is 62.0 Å². The molecule has 1 N–H and O–H groups in total. The van der Waals surface area contributed by atoms with Crippen molar-refractivity contribution in [2.75, 3.05) is 46.3 Å². The van der Waals surface area contributed by atoms with E-state index in [2.05, 4.69) is 22.2 Å². The van der Waals surface area contributed by atoms with E-state index in [0.29, 0.717) is 16.4 Å². The summed E-state index contributed by atoms with van der Waals surface area (Å²) >= 11 is 7.80. The van der Waals surface area contributed by atoms with E-state index >= 15 is 0 Å². The standard InChI is InChI=1S/C17H22ClN3OS/c1-20-9-11-21(12-10-20)8-4-7-19-17(22)16-15(18)13-5-2-3-6-14(13)23-16/h2-3,5-6H,4,7-12H2,1H3,(H,19,22). The summed E-state index contributed by atoms with van der Waals surface area (Å²) in [6, 6.07) is 7.86. The molecule has 2 aromatic rings. The van der Waals surface area contributed by atoms with Gasteiger partial charge >= 0.3 is 0 Å². The predicted molar refractivity (Wildman–Crippen MR) is 97.7 cm³/mol. The number of hydrogen-bond donors (Lipinski definition) is 1. The lowest BCUT2D eigenvalue weighted by Crippen LogP contribution is -2.45. The van der Waals surface area contributed by atoms with E-state index in [1.807, 2.05) is 24.3 Å². The fourth-order valence-electron chi connectivity index (χ4n) is 2.82. The number of nitrogens with zero attached hydrogens (tertiary/aromatic N) is 2. The Labute approximate surface area is 146 Å². The maximum Gasteiger partial charge on any atom is 0.262 e. The molecule has 0 radical (unpaired) electrons. The van der Waals surface area contributed by atoms with Crippen molar-refractivity contribution in [1.29, 1.82) is 0 Å². The van der Waals surface area contributed by atoms with Gasteiger partial charge in [-0.05, 0) is 26.1 Å². The summed E-state index contributed by atoms with van der Waals surface area (Å²) in [7, 11) is 2.16. The molecule has 1 aliphatic heterocycles. The van der Waals surface area contributed by atoms with Crippen LogP contribution in [0.15, 0.2) is 24.3 Å². The summed E-state index contributed by atoms with van der Waals surface area (Å²) < 4.78 is 1.06. The van der Waals surface area contributed by atoms with Crippen molar-refractivity contribution in [1.82, 2.24) is 15.1 Å². The number of hydrogen-bond acceptors (Lipinski definition) is 4. The molecule has 3 rings (SSSR count). The van der Waals surface area contributed by atoms with Gasteiger partial charge < -0.3 is 15.1 Å². The maximum absolute atomic E-state index is 12.3. The molecule has 6 heteroatoms. The number of fused-ring (bicyclic) bond motifs is 1. The summed E-state index contributed by atoms with van der Waals surface area (Å²) in [4.78, 5) is 17.7. The lowest BCUT2D eigenvalue weighted by molar-refractivity contribution is 0.0953. The van der Waals surface area contributed by atoms with Crippen LogP contribution in [0.1, 0.15) is 16.1 Å². The number of carbonyl (C=O) groups is 1. The first-order valence-electron chi connectivity index (χ1n) is 8.01. The number of amides is 1. The van der Waals surface area contributed by atoms with Crippen molar-refractivity contribution >= 4 is 38.9 Å². The van der Waals surface area contributed by atoms with Crippen molar-refractivity contribution in [3.63, 3.8) is 0 Å². The SMILES string of the molecule is CN1CCN(CCCNC(=O)c2sc3ccccc3c2Cl)CC1. The zero-order valence-electron chi connectivity index (χ0n) is 13.3. The number of carbonyl (C=O) groups excluding carboxylic acids is 1. The van der Waals surface area contributed by atoms with Crippen LogP contribution in [0.5, 0.6) is 0 Å². The third-order valence-electron chi connectivity index (χ3n) is 4.27. The van der Waals surface area contributed by atoms with Gasteiger partial charge in [0.15, 0.2) is 0 Å². The minimum Gasteiger partial charge on any atom is -0.351 e. The van der Waals surface area contributed by atoms with E-state index in [9.17, 15) is 4.79 Å². The van der Waals surface area contributed by atoms with E-state index in [1.165, 1.54) is 11.3 Å². The Morgan fingerprint density at radius 3 is 2.74 bits per heavy atom. The topological polar surface area (TPSA) is 35.6 Å². The van der Waals surface area contributed by atoms with Crippen LogP contribution in [0.2, 0.25) is 5.02 Å². The molecule has 4 nitrogen and oxygen atoms in total. The third kappa shape index (κ3) is 4.04. The molecule has 0 aliphatic carbocycles. The Morgan fingerprint density at radius 2 is 2.00 bits per heavy atom. The van der Waals surface area contributed by atoms with Gasteiger partial charge in [0, 0.05) is 42.8 Å². The van der Waals surface area contributed by atoms with Gasteiger partial charge in [-0.2, -0.15) is 0 Å². The highest BCUT2D eigenvalue weighted by Gasteiger charge is 2.17. The van der Waals surface area contributed by atoms with Gasteiger partial charge in [0.2, 0.25) is 0 Å². The van der Waals surface area contributed by atoms with Gasteiger partial charge in [0.25, 0.3) is 5.91 Å². The normalized spacial score (nSPS) is 16.8. The number of piperazine rings is 1. The molecule has 0 saturated carbocycles. The van der Waals surface area contributed by atoms with Gasteiger partial charge in [-0.1, -0.05) is 29.8 Å². The molecule has 1 saturated heterocycles. The van der Waals surface area contributed by atoms with Gasteiger partial charge in [-0.25, -0.2) is 0 Å². The molecule has 0 atom stereocenters. The first-order valence-corrected chi connectivity index (χ1v) is 9.21. The predicted octanol–water partition coefficient (Wildman–Crippen LogP) is 2.92. The highest BCUT2D eigenvalue weighted by atomic mass is 35.5. The van der Waals surface area contributed by atoms with Crippen LogP contribution in [0, 0.1) is 0 Å². The van der Waals surface area contributed by atoms with Crippen LogP contribution in [-0.2, 0) is 0 Å². The van der Waals surface area contributed by atoms with Crippen molar-refractivity contribution in [2.45, 2.75) is 6.42 Å². The molecule has 0 spiro atoms. The number of likely N-dealkylation sites (N-methyl/N-ethyl adjacent to an activating group) is 1. The fourth-order valence-corrected chi connectivity index (χ4v) is 4.25. The highest BCUT2D eigenvalue weighted by Crippen LogP contribution is 2.34. The monoisotopic (exact) mass is 351 g/mol. The third-order valence-corrected chi connectivity index (χ3v) is 5.95. The van der Waals surface area contributed by atoms with Gasteiger partial charge in [0.05, 0.1) is 5.02 Å². The minimum atomic E-state index is -0.0606. The lowest BCUT2D eigenvalue weighted by atomic mass is 10.2. The molecule has 1 aliphatic rings.